The van der Waals surface area contributed by atoms with Gasteiger partial charge in [-0.05, 0) is 5.56 Å². The Kier molecular flexibility index (Phi) is 3.08. The van der Waals surface area contributed by atoms with E-state index >= 15 is 0 Å². The van der Waals surface area contributed by atoms with Crippen molar-refractivity contribution < 1.29 is 10.2 Å². The zero-order chi connectivity index (χ0) is 8.10. The first-order valence-electron chi connectivity index (χ1n) is 3.52. The SMILES string of the molecule is OC[CH][C@H](O)c1ccccc1. The highest BCUT2D eigenvalue weighted by Gasteiger charge is 2.04. The summed E-state index contributed by atoms with van der Waals surface area (Å²) in [6, 6.07) is 9.22. The summed E-state index contributed by atoms with van der Waals surface area (Å²) < 4.78 is 0. The van der Waals surface area contributed by atoms with E-state index < -0.39 is 6.10 Å². The number of aliphatic hydroxyl groups is 2. The molecule has 0 unspecified atom stereocenters. The minimum Gasteiger partial charge on any atom is -0.396 e. The molecule has 0 amide bonds. The van der Waals surface area contributed by atoms with E-state index in [1.807, 2.05) is 30.3 Å². The van der Waals surface area contributed by atoms with Crippen molar-refractivity contribution in [3.8, 4) is 0 Å². The predicted molar refractivity (Wildman–Crippen MR) is 42.8 cm³/mol. The molecule has 1 aromatic rings. The molecule has 11 heavy (non-hydrogen) atoms. The highest BCUT2D eigenvalue weighted by Crippen LogP contribution is 2.13. The summed E-state index contributed by atoms with van der Waals surface area (Å²) in [6.45, 7) is -0.101. The molecule has 0 saturated carbocycles. The first-order chi connectivity index (χ1) is 5.34. The summed E-state index contributed by atoms with van der Waals surface area (Å²) in [7, 11) is 0. The Labute approximate surface area is 66.1 Å². The Bertz CT molecular complexity index is 196. The van der Waals surface area contributed by atoms with Gasteiger partial charge in [0.1, 0.15) is 0 Å². The maximum absolute atomic E-state index is 9.30. The summed E-state index contributed by atoms with van der Waals surface area (Å²) in [6.07, 6.45) is 0.788. The lowest BCUT2D eigenvalue weighted by Gasteiger charge is -2.07. The molecule has 0 aliphatic carbocycles. The summed E-state index contributed by atoms with van der Waals surface area (Å²) in [5, 5.41) is 17.8. The Morgan fingerprint density at radius 3 is 2.45 bits per heavy atom. The lowest BCUT2D eigenvalue weighted by molar-refractivity contribution is 0.185. The van der Waals surface area contributed by atoms with Crippen LogP contribution < -0.4 is 0 Å². The van der Waals surface area contributed by atoms with Crippen LogP contribution in [0, 0.1) is 6.42 Å². The van der Waals surface area contributed by atoms with Gasteiger partial charge in [0.25, 0.3) is 0 Å². The molecule has 59 valence electrons. The first-order valence-corrected chi connectivity index (χ1v) is 3.52. The third kappa shape index (κ3) is 2.33. The minimum absolute atomic E-state index is 0.101. The quantitative estimate of drug-likeness (QED) is 0.674. The Morgan fingerprint density at radius 1 is 1.27 bits per heavy atom. The zero-order valence-corrected chi connectivity index (χ0v) is 6.14. The van der Waals surface area contributed by atoms with Crippen LogP contribution in [0.2, 0.25) is 0 Å². The van der Waals surface area contributed by atoms with Gasteiger partial charge in [-0.3, -0.25) is 0 Å². The van der Waals surface area contributed by atoms with Crippen LogP contribution in [0.15, 0.2) is 30.3 Å². The molecule has 1 radical (unpaired) electrons. The summed E-state index contributed by atoms with van der Waals surface area (Å²) in [4.78, 5) is 0. The van der Waals surface area contributed by atoms with E-state index in [0.29, 0.717) is 0 Å². The van der Waals surface area contributed by atoms with Crippen molar-refractivity contribution in [2.75, 3.05) is 6.61 Å². The standard InChI is InChI=1S/C9H11O2/c10-7-6-9(11)8-4-2-1-3-5-8/h1-6,9-11H,7H2/t9-/m0/s1. The average molecular weight is 151 g/mol. The Balaban J connectivity index is 2.61. The van der Waals surface area contributed by atoms with Gasteiger partial charge in [-0.25, -0.2) is 0 Å². The smallest absolute Gasteiger partial charge is 0.0844 e. The van der Waals surface area contributed by atoms with Crippen molar-refractivity contribution in [2.45, 2.75) is 6.10 Å². The fourth-order valence-corrected chi connectivity index (χ4v) is 0.886. The molecule has 0 saturated heterocycles. The largest absolute Gasteiger partial charge is 0.396 e. The molecule has 0 aliphatic heterocycles. The molecule has 2 heteroatoms. The van der Waals surface area contributed by atoms with Crippen molar-refractivity contribution in [1.82, 2.24) is 0 Å². The highest BCUT2D eigenvalue weighted by atomic mass is 16.3. The fourth-order valence-electron chi connectivity index (χ4n) is 0.886. The van der Waals surface area contributed by atoms with E-state index in [4.69, 9.17) is 5.11 Å². The molecule has 1 rings (SSSR count). The molecule has 0 bridgehead atoms. The second-order valence-electron chi connectivity index (χ2n) is 2.27. The summed E-state index contributed by atoms with van der Waals surface area (Å²) >= 11 is 0. The molecular weight excluding hydrogens is 140 g/mol. The highest BCUT2D eigenvalue weighted by molar-refractivity contribution is 5.19. The van der Waals surface area contributed by atoms with Crippen LogP contribution in [0.4, 0.5) is 0 Å². The molecule has 1 atom stereocenters. The van der Waals surface area contributed by atoms with Crippen LogP contribution in [0.5, 0.6) is 0 Å². The maximum Gasteiger partial charge on any atom is 0.0844 e. The van der Waals surface area contributed by atoms with Crippen LogP contribution in [0.1, 0.15) is 11.7 Å². The normalized spacial score (nSPS) is 12.9. The number of rotatable bonds is 3. The van der Waals surface area contributed by atoms with Crippen molar-refractivity contribution in [1.29, 1.82) is 0 Å². The van der Waals surface area contributed by atoms with Crippen molar-refractivity contribution in [3.05, 3.63) is 42.3 Å². The summed E-state index contributed by atoms with van der Waals surface area (Å²) in [5.41, 5.74) is 0.807. The Morgan fingerprint density at radius 2 is 1.91 bits per heavy atom. The lowest BCUT2D eigenvalue weighted by Crippen LogP contribution is -2.00. The van der Waals surface area contributed by atoms with Gasteiger partial charge in [0.2, 0.25) is 0 Å². The maximum atomic E-state index is 9.30. The van der Waals surface area contributed by atoms with E-state index in [2.05, 4.69) is 0 Å². The van der Waals surface area contributed by atoms with Gasteiger partial charge in [0, 0.05) is 13.0 Å². The number of hydrogen-bond donors (Lipinski definition) is 2. The van der Waals surface area contributed by atoms with Gasteiger partial charge in [0.15, 0.2) is 0 Å². The van der Waals surface area contributed by atoms with E-state index in [0.717, 1.165) is 5.56 Å². The van der Waals surface area contributed by atoms with E-state index in [1.54, 1.807) is 0 Å². The van der Waals surface area contributed by atoms with Crippen LogP contribution >= 0.6 is 0 Å². The van der Waals surface area contributed by atoms with Crippen LogP contribution in [-0.4, -0.2) is 16.8 Å². The molecule has 0 aliphatic rings. The molecule has 0 spiro atoms. The first kappa shape index (κ1) is 8.24. The predicted octanol–water partition coefficient (Wildman–Crippen LogP) is 0.917. The molecule has 0 heterocycles. The van der Waals surface area contributed by atoms with E-state index in [9.17, 15) is 5.11 Å². The van der Waals surface area contributed by atoms with E-state index in [1.165, 1.54) is 6.42 Å². The summed E-state index contributed by atoms with van der Waals surface area (Å²) in [5.74, 6) is 0. The van der Waals surface area contributed by atoms with Crippen LogP contribution in [0.3, 0.4) is 0 Å². The zero-order valence-electron chi connectivity index (χ0n) is 6.14. The second-order valence-corrected chi connectivity index (χ2v) is 2.27. The lowest BCUT2D eigenvalue weighted by atomic mass is 10.1. The van der Waals surface area contributed by atoms with Gasteiger partial charge in [0.05, 0.1) is 6.10 Å². The van der Waals surface area contributed by atoms with Gasteiger partial charge in [-0.1, -0.05) is 30.3 Å². The Hall–Kier alpha value is -0.860. The minimum atomic E-state index is -0.652. The van der Waals surface area contributed by atoms with Crippen molar-refractivity contribution >= 4 is 0 Å². The third-order valence-electron chi connectivity index (χ3n) is 1.47. The molecule has 0 aromatic heterocycles. The monoisotopic (exact) mass is 151 g/mol. The van der Waals surface area contributed by atoms with Gasteiger partial charge in [-0.2, -0.15) is 0 Å². The van der Waals surface area contributed by atoms with Crippen molar-refractivity contribution in [3.63, 3.8) is 0 Å². The van der Waals surface area contributed by atoms with Gasteiger partial charge >= 0.3 is 0 Å². The van der Waals surface area contributed by atoms with Crippen LogP contribution in [-0.2, 0) is 0 Å². The molecule has 0 fully saturated rings. The van der Waals surface area contributed by atoms with Gasteiger partial charge in [-0.15, -0.1) is 0 Å². The molecular formula is C9H11O2. The molecule has 1 aromatic carbocycles. The average Bonchev–Trinajstić information content (AvgIpc) is 2.07. The fraction of sp³-hybridized carbons (Fsp3) is 0.222. The topological polar surface area (TPSA) is 40.5 Å². The van der Waals surface area contributed by atoms with Crippen LogP contribution in [0.25, 0.3) is 0 Å². The molecule has 2 nitrogen and oxygen atoms in total. The molecule has 2 N–H and O–H groups in total. The van der Waals surface area contributed by atoms with Gasteiger partial charge < -0.3 is 10.2 Å². The number of hydrogen-bond acceptors (Lipinski definition) is 2. The van der Waals surface area contributed by atoms with Crippen molar-refractivity contribution in [2.24, 2.45) is 0 Å². The second kappa shape index (κ2) is 4.11. The third-order valence-corrected chi connectivity index (χ3v) is 1.47. The van der Waals surface area contributed by atoms with E-state index in [-0.39, 0.29) is 6.61 Å². The number of aliphatic hydroxyl groups excluding tert-OH is 2. The number of benzene rings is 1.